The van der Waals surface area contributed by atoms with Gasteiger partial charge in [0.2, 0.25) is 0 Å². The third-order valence-electron chi connectivity index (χ3n) is 3.98. The highest BCUT2D eigenvalue weighted by Crippen LogP contribution is 2.30. The van der Waals surface area contributed by atoms with Gasteiger partial charge >= 0.3 is 0 Å². The number of benzene rings is 1. The SMILES string of the molecule is C[C@@H](NCc1cccc([N+](=O)[O-])c1Br)C1CCCC1. The summed E-state index contributed by atoms with van der Waals surface area (Å²) in [7, 11) is 0. The molecule has 1 aromatic carbocycles. The highest BCUT2D eigenvalue weighted by atomic mass is 79.9. The Labute approximate surface area is 121 Å². The standard InChI is InChI=1S/C14H19BrN2O2/c1-10(11-5-2-3-6-11)16-9-12-7-4-8-13(14(12)15)17(18)19/h4,7-8,10-11,16H,2-3,5-6,9H2,1H3/t10-/m1/s1. The van der Waals surface area contributed by atoms with E-state index in [1.54, 1.807) is 6.07 Å². The summed E-state index contributed by atoms with van der Waals surface area (Å²) >= 11 is 3.33. The molecule has 0 bridgehead atoms. The zero-order chi connectivity index (χ0) is 13.8. The lowest BCUT2D eigenvalue weighted by Crippen LogP contribution is -2.31. The van der Waals surface area contributed by atoms with Gasteiger partial charge in [0.25, 0.3) is 5.69 Å². The summed E-state index contributed by atoms with van der Waals surface area (Å²) in [5.74, 6) is 0.748. The molecule has 0 aromatic heterocycles. The number of hydrogen-bond acceptors (Lipinski definition) is 3. The van der Waals surface area contributed by atoms with Crippen molar-refractivity contribution in [1.29, 1.82) is 0 Å². The summed E-state index contributed by atoms with van der Waals surface area (Å²) in [6, 6.07) is 5.65. The fourth-order valence-electron chi connectivity index (χ4n) is 2.74. The molecule has 1 N–H and O–H groups in total. The van der Waals surface area contributed by atoms with E-state index >= 15 is 0 Å². The summed E-state index contributed by atoms with van der Waals surface area (Å²) < 4.78 is 0.589. The monoisotopic (exact) mass is 326 g/mol. The van der Waals surface area contributed by atoms with Crippen LogP contribution in [-0.2, 0) is 6.54 Å². The topological polar surface area (TPSA) is 55.2 Å². The molecule has 1 aliphatic rings. The zero-order valence-electron chi connectivity index (χ0n) is 11.1. The minimum absolute atomic E-state index is 0.132. The van der Waals surface area contributed by atoms with Gasteiger partial charge in [0.1, 0.15) is 0 Å². The molecule has 1 atom stereocenters. The predicted octanol–water partition coefficient (Wildman–Crippen LogP) is 4.03. The van der Waals surface area contributed by atoms with Crippen LogP contribution in [0.4, 0.5) is 5.69 Å². The fraction of sp³-hybridized carbons (Fsp3) is 0.571. The molecule has 4 nitrogen and oxygen atoms in total. The van der Waals surface area contributed by atoms with E-state index in [0.717, 1.165) is 11.5 Å². The third kappa shape index (κ3) is 3.54. The van der Waals surface area contributed by atoms with Crippen molar-refractivity contribution in [2.45, 2.75) is 45.2 Å². The van der Waals surface area contributed by atoms with E-state index in [-0.39, 0.29) is 10.6 Å². The molecule has 19 heavy (non-hydrogen) atoms. The Morgan fingerprint density at radius 1 is 1.47 bits per heavy atom. The first-order valence-corrected chi connectivity index (χ1v) is 7.54. The average Bonchev–Trinajstić information content (AvgIpc) is 2.90. The van der Waals surface area contributed by atoms with E-state index in [1.165, 1.54) is 31.7 Å². The molecule has 0 amide bonds. The molecule has 0 spiro atoms. The van der Waals surface area contributed by atoms with Crippen LogP contribution in [0.25, 0.3) is 0 Å². The summed E-state index contributed by atoms with van der Waals surface area (Å²) in [5, 5.41) is 14.4. The molecule has 1 aromatic rings. The second-order valence-electron chi connectivity index (χ2n) is 5.22. The van der Waals surface area contributed by atoms with Crippen LogP contribution in [0, 0.1) is 16.0 Å². The van der Waals surface area contributed by atoms with Gasteiger partial charge in [-0.3, -0.25) is 10.1 Å². The third-order valence-corrected chi connectivity index (χ3v) is 4.89. The number of nitrogens with zero attached hydrogens (tertiary/aromatic N) is 1. The van der Waals surface area contributed by atoms with E-state index in [2.05, 4.69) is 28.2 Å². The zero-order valence-corrected chi connectivity index (χ0v) is 12.6. The maximum absolute atomic E-state index is 10.9. The van der Waals surface area contributed by atoms with Crippen LogP contribution in [0.5, 0.6) is 0 Å². The molecule has 0 radical (unpaired) electrons. The number of halogens is 1. The van der Waals surface area contributed by atoms with Gasteiger partial charge < -0.3 is 5.32 Å². The highest BCUT2D eigenvalue weighted by Gasteiger charge is 2.21. The van der Waals surface area contributed by atoms with Crippen molar-refractivity contribution in [3.05, 3.63) is 38.3 Å². The molecule has 104 valence electrons. The number of nitro benzene ring substituents is 1. The first-order valence-electron chi connectivity index (χ1n) is 6.74. The van der Waals surface area contributed by atoms with Gasteiger partial charge in [-0.15, -0.1) is 0 Å². The largest absolute Gasteiger partial charge is 0.310 e. The minimum Gasteiger partial charge on any atom is -0.310 e. The molecular weight excluding hydrogens is 308 g/mol. The van der Waals surface area contributed by atoms with E-state index in [9.17, 15) is 10.1 Å². The van der Waals surface area contributed by atoms with Crippen molar-refractivity contribution in [2.24, 2.45) is 5.92 Å². The predicted molar refractivity (Wildman–Crippen MR) is 79.1 cm³/mol. The van der Waals surface area contributed by atoms with Crippen LogP contribution in [-0.4, -0.2) is 11.0 Å². The summed E-state index contributed by atoms with van der Waals surface area (Å²) in [4.78, 5) is 10.5. The second-order valence-corrected chi connectivity index (χ2v) is 6.01. The van der Waals surface area contributed by atoms with Gasteiger partial charge in [-0.2, -0.15) is 0 Å². The lowest BCUT2D eigenvalue weighted by Gasteiger charge is -2.20. The van der Waals surface area contributed by atoms with Crippen molar-refractivity contribution in [2.75, 3.05) is 0 Å². The Morgan fingerprint density at radius 2 is 2.16 bits per heavy atom. The van der Waals surface area contributed by atoms with Crippen LogP contribution < -0.4 is 5.32 Å². The number of nitrogens with one attached hydrogen (secondary N) is 1. The Morgan fingerprint density at radius 3 is 2.79 bits per heavy atom. The normalized spacial score (nSPS) is 17.6. The minimum atomic E-state index is -0.353. The molecule has 1 saturated carbocycles. The van der Waals surface area contributed by atoms with E-state index < -0.39 is 0 Å². The molecule has 2 rings (SSSR count). The number of rotatable bonds is 5. The maximum Gasteiger partial charge on any atom is 0.283 e. The first kappa shape index (κ1) is 14.5. The Balaban J connectivity index is 1.99. The lowest BCUT2D eigenvalue weighted by atomic mass is 9.99. The lowest BCUT2D eigenvalue weighted by molar-refractivity contribution is -0.385. The molecule has 0 heterocycles. The Bertz CT molecular complexity index is 459. The highest BCUT2D eigenvalue weighted by molar-refractivity contribution is 9.10. The molecule has 5 heteroatoms. The van der Waals surface area contributed by atoms with Crippen molar-refractivity contribution in [1.82, 2.24) is 5.32 Å². The van der Waals surface area contributed by atoms with Crippen molar-refractivity contribution in [3.8, 4) is 0 Å². The van der Waals surface area contributed by atoms with Crippen molar-refractivity contribution >= 4 is 21.6 Å². The van der Waals surface area contributed by atoms with Gasteiger partial charge in [-0.05, 0) is 47.2 Å². The Hall–Kier alpha value is -0.940. The van der Waals surface area contributed by atoms with Crippen LogP contribution in [0.2, 0.25) is 0 Å². The van der Waals surface area contributed by atoms with Gasteiger partial charge in [-0.25, -0.2) is 0 Å². The molecule has 0 aliphatic heterocycles. The smallest absolute Gasteiger partial charge is 0.283 e. The summed E-state index contributed by atoms with van der Waals surface area (Å²) in [6.07, 6.45) is 5.25. The van der Waals surface area contributed by atoms with Gasteiger partial charge in [0.15, 0.2) is 0 Å². The van der Waals surface area contributed by atoms with Crippen LogP contribution in [0.15, 0.2) is 22.7 Å². The number of hydrogen-bond donors (Lipinski definition) is 1. The molecule has 0 unspecified atom stereocenters. The summed E-state index contributed by atoms with van der Waals surface area (Å²) in [6.45, 7) is 2.88. The van der Waals surface area contributed by atoms with E-state index in [1.807, 2.05) is 6.07 Å². The van der Waals surface area contributed by atoms with Crippen molar-refractivity contribution < 1.29 is 4.92 Å². The maximum atomic E-state index is 10.9. The van der Waals surface area contributed by atoms with Crippen LogP contribution >= 0.6 is 15.9 Å². The van der Waals surface area contributed by atoms with Gasteiger partial charge in [0, 0.05) is 18.7 Å². The number of nitro groups is 1. The van der Waals surface area contributed by atoms with Crippen LogP contribution in [0.3, 0.4) is 0 Å². The van der Waals surface area contributed by atoms with Gasteiger partial charge in [-0.1, -0.05) is 25.0 Å². The Kier molecular flexibility index (Phi) is 4.93. The first-order chi connectivity index (χ1) is 9.09. The molecule has 0 saturated heterocycles. The quantitative estimate of drug-likeness (QED) is 0.656. The molecule has 1 aliphatic carbocycles. The van der Waals surface area contributed by atoms with Crippen LogP contribution in [0.1, 0.15) is 38.2 Å². The fourth-order valence-corrected chi connectivity index (χ4v) is 3.29. The van der Waals surface area contributed by atoms with Crippen molar-refractivity contribution in [3.63, 3.8) is 0 Å². The molecular formula is C14H19BrN2O2. The summed E-state index contributed by atoms with van der Waals surface area (Å²) in [5.41, 5.74) is 1.08. The molecule has 1 fully saturated rings. The van der Waals surface area contributed by atoms with E-state index in [4.69, 9.17) is 0 Å². The second kappa shape index (κ2) is 6.48. The van der Waals surface area contributed by atoms with Gasteiger partial charge in [0.05, 0.1) is 9.40 Å². The average molecular weight is 327 g/mol. The van der Waals surface area contributed by atoms with E-state index in [0.29, 0.717) is 17.1 Å².